The van der Waals surface area contributed by atoms with Gasteiger partial charge in [-0.25, -0.2) is 0 Å². The van der Waals surface area contributed by atoms with Gasteiger partial charge in [0.2, 0.25) is 6.10 Å². The second-order valence-corrected chi connectivity index (χ2v) is 6.27. The summed E-state index contributed by atoms with van der Waals surface area (Å²) in [4.78, 5) is 12.3. The van der Waals surface area contributed by atoms with Crippen LogP contribution in [0.25, 0.3) is 0 Å². The van der Waals surface area contributed by atoms with Gasteiger partial charge in [-0.2, -0.15) is 5.10 Å². The maximum Gasteiger partial charge on any atom is 0.270 e. The number of nitrogens with zero attached hydrogens (tertiary/aromatic N) is 1. The fourth-order valence-corrected chi connectivity index (χ4v) is 2.13. The summed E-state index contributed by atoms with van der Waals surface area (Å²) in [6.07, 6.45) is -0.684. The maximum atomic E-state index is 12.3. The molecule has 0 saturated carbocycles. The topological polar surface area (TPSA) is 76.2 Å². The number of aromatic amines is 1. The molecule has 6 nitrogen and oxygen atoms in total. The van der Waals surface area contributed by atoms with Crippen molar-refractivity contribution in [1.82, 2.24) is 10.2 Å². The van der Waals surface area contributed by atoms with Crippen molar-refractivity contribution in [1.29, 1.82) is 0 Å². The Hall–Kier alpha value is -2.50. The van der Waals surface area contributed by atoms with Crippen molar-refractivity contribution in [3.05, 3.63) is 36.0 Å². The first-order valence-corrected chi connectivity index (χ1v) is 7.19. The molecular weight excluding hydrogens is 282 g/mol. The molecule has 2 heterocycles. The summed E-state index contributed by atoms with van der Waals surface area (Å²) in [6.45, 7) is 6.36. The monoisotopic (exact) mass is 301 g/mol. The van der Waals surface area contributed by atoms with Crippen LogP contribution < -0.4 is 14.8 Å². The number of hydrogen-bond donors (Lipinski definition) is 2. The Balaban J connectivity index is 1.67. The Morgan fingerprint density at radius 1 is 1.32 bits per heavy atom. The second kappa shape index (κ2) is 5.36. The zero-order chi connectivity index (χ0) is 15.7. The van der Waals surface area contributed by atoms with E-state index in [2.05, 4.69) is 36.3 Å². The van der Waals surface area contributed by atoms with Crippen LogP contribution in [0, 0.1) is 0 Å². The van der Waals surface area contributed by atoms with Gasteiger partial charge in [0.05, 0.1) is 5.69 Å². The number of benzene rings is 1. The van der Waals surface area contributed by atoms with Crippen LogP contribution in [0.4, 0.5) is 5.82 Å². The van der Waals surface area contributed by atoms with Crippen LogP contribution >= 0.6 is 0 Å². The third-order valence-electron chi connectivity index (χ3n) is 3.41. The molecule has 2 N–H and O–H groups in total. The van der Waals surface area contributed by atoms with E-state index in [0.29, 0.717) is 17.3 Å². The number of anilines is 1. The number of nitrogens with one attached hydrogen (secondary N) is 2. The molecule has 3 rings (SSSR count). The lowest BCUT2D eigenvalue weighted by molar-refractivity contribution is -0.125. The lowest BCUT2D eigenvalue weighted by atomic mass is 9.92. The third-order valence-corrected chi connectivity index (χ3v) is 3.41. The molecular formula is C16H19N3O3. The minimum Gasteiger partial charge on any atom is -0.485 e. The number of ether oxygens (including phenoxy) is 2. The van der Waals surface area contributed by atoms with Gasteiger partial charge in [-0.15, -0.1) is 0 Å². The second-order valence-electron chi connectivity index (χ2n) is 6.27. The largest absolute Gasteiger partial charge is 0.485 e. The van der Waals surface area contributed by atoms with Crippen LogP contribution in [0.3, 0.4) is 0 Å². The van der Waals surface area contributed by atoms with Gasteiger partial charge >= 0.3 is 0 Å². The SMILES string of the molecule is CC(C)(C)c1cc(NC(=O)C2COc3ccccc3O2)[nH]n1. The number of carbonyl (C=O) groups excluding carboxylic acids is 1. The van der Waals surface area contributed by atoms with Gasteiger partial charge < -0.3 is 14.8 Å². The number of fused-ring (bicyclic) bond motifs is 1. The van der Waals surface area contributed by atoms with Crippen molar-refractivity contribution < 1.29 is 14.3 Å². The highest BCUT2D eigenvalue weighted by molar-refractivity contribution is 5.94. The Morgan fingerprint density at radius 2 is 2.05 bits per heavy atom. The highest BCUT2D eigenvalue weighted by Gasteiger charge is 2.28. The Morgan fingerprint density at radius 3 is 2.73 bits per heavy atom. The van der Waals surface area contributed by atoms with Crippen LogP contribution in [0.1, 0.15) is 26.5 Å². The van der Waals surface area contributed by atoms with Crippen molar-refractivity contribution in [3.63, 3.8) is 0 Å². The summed E-state index contributed by atoms with van der Waals surface area (Å²) in [6, 6.07) is 9.13. The van der Waals surface area contributed by atoms with Crippen LogP contribution in [0.5, 0.6) is 11.5 Å². The molecule has 6 heteroatoms. The first-order valence-electron chi connectivity index (χ1n) is 7.19. The molecule has 0 spiro atoms. The van der Waals surface area contributed by atoms with E-state index in [9.17, 15) is 4.79 Å². The summed E-state index contributed by atoms with van der Waals surface area (Å²) in [5.74, 6) is 1.52. The van der Waals surface area contributed by atoms with Crippen LogP contribution in [-0.4, -0.2) is 28.8 Å². The normalized spacial score (nSPS) is 17.1. The molecule has 0 saturated heterocycles. The van der Waals surface area contributed by atoms with Crippen LogP contribution in [0.2, 0.25) is 0 Å². The number of hydrogen-bond acceptors (Lipinski definition) is 4. The molecule has 1 atom stereocenters. The van der Waals surface area contributed by atoms with Crippen LogP contribution in [0.15, 0.2) is 30.3 Å². The molecule has 1 amide bonds. The van der Waals surface area contributed by atoms with Gasteiger partial charge in [-0.05, 0) is 12.1 Å². The number of aromatic nitrogens is 2. The first kappa shape index (κ1) is 14.4. The minimum atomic E-state index is -0.684. The number of H-pyrrole nitrogens is 1. The van der Waals surface area contributed by atoms with E-state index in [-0.39, 0.29) is 17.9 Å². The van der Waals surface area contributed by atoms with Gasteiger partial charge in [0.15, 0.2) is 11.5 Å². The molecule has 116 valence electrons. The van der Waals surface area contributed by atoms with E-state index in [0.717, 1.165) is 5.69 Å². The third kappa shape index (κ3) is 2.90. The smallest absolute Gasteiger partial charge is 0.270 e. The molecule has 22 heavy (non-hydrogen) atoms. The molecule has 2 aromatic rings. The van der Waals surface area contributed by atoms with E-state index in [4.69, 9.17) is 9.47 Å². The number of amides is 1. The van der Waals surface area contributed by atoms with E-state index in [1.54, 1.807) is 6.07 Å². The molecule has 0 radical (unpaired) electrons. The van der Waals surface area contributed by atoms with E-state index < -0.39 is 6.10 Å². The van der Waals surface area contributed by atoms with Crippen LogP contribution in [-0.2, 0) is 10.2 Å². The molecule has 1 aliphatic heterocycles. The highest BCUT2D eigenvalue weighted by Crippen LogP contribution is 2.31. The predicted molar refractivity (Wildman–Crippen MR) is 82.3 cm³/mol. The van der Waals surface area contributed by atoms with Crippen molar-refractivity contribution in [2.75, 3.05) is 11.9 Å². The number of rotatable bonds is 2. The fraction of sp³-hybridized carbons (Fsp3) is 0.375. The molecule has 0 aliphatic carbocycles. The van der Waals surface area contributed by atoms with Crippen molar-refractivity contribution in [3.8, 4) is 11.5 Å². The fourth-order valence-electron chi connectivity index (χ4n) is 2.13. The molecule has 0 bridgehead atoms. The average Bonchev–Trinajstić information content (AvgIpc) is 2.95. The number of carbonyl (C=O) groups is 1. The standard InChI is InChI=1S/C16H19N3O3/c1-16(2,3)13-8-14(19-18-13)17-15(20)12-9-21-10-6-4-5-7-11(10)22-12/h4-8,12H,9H2,1-3H3,(H2,17,18,19,20). The van der Waals surface area contributed by atoms with Gasteiger partial charge in [0.25, 0.3) is 5.91 Å². The quantitative estimate of drug-likeness (QED) is 0.893. The van der Waals surface area contributed by atoms with Crippen molar-refractivity contribution in [2.45, 2.75) is 32.3 Å². The minimum absolute atomic E-state index is 0.0805. The molecule has 1 unspecified atom stereocenters. The Kier molecular flexibility index (Phi) is 3.52. The van der Waals surface area contributed by atoms with Gasteiger partial charge in [0.1, 0.15) is 12.4 Å². The van der Waals surface area contributed by atoms with Gasteiger partial charge in [0, 0.05) is 11.5 Å². The van der Waals surface area contributed by atoms with E-state index in [1.807, 2.05) is 24.3 Å². The zero-order valence-electron chi connectivity index (χ0n) is 12.8. The molecule has 1 aliphatic rings. The predicted octanol–water partition coefficient (Wildman–Crippen LogP) is 2.49. The number of para-hydroxylation sites is 2. The van der Waals surface area contributed by atoms with E-state index in [1.165, 1.54) is 0 Å². The summed E-state index contributed by atoms with van der Waals surface area (Å²) >= 11 is 0. The average molecular weight is 301 g/mol. The summed E-state index contributed by atoms with van der Waals surface area (Å²) in [5.41, 5.74) is 0.803. The molecule has 1 aromatic carbocycles. The summed E-state index contributed by atoms with van der Waals surface area (Å²) < 4.78 is 11.2. The lowest BCUT2D eigenvalue weighted by Gasteiger charge is -2.25. The Labute approximate surface area is 128 Å². The Bertz CT molecular complexity index is 688. The van der Waals surface area contributed by atoms with Gasteiger partial charge in [-0.3, -0.25) is 9.89 Å². The maximum absolute atomic E-state index is 12.3. The van der Waals surface area contributed by atoms with Crippen molar-refractivity contribution >= 4 is 11.7 Å². The first-order chi connectivity index (χ1) is 10.4. The molecule has 1 aromatic heterocycles. The zero-order valence-corrected chi connectivity index (χ0v) is 12.8. The lowest BCUT2D eigenvalue weighted by Crippen LogP contribution is -2.40. The van der Waals surface area contributed by atoms with E-state index >= 15 is 0 Å². The molecule has 0 fully saturated rings. The highest BCUT2D eigenvalue weighted by atomic mass is 16.6. The van der Waals surface area contributed by atoms with Crippen molar-refractivity contribution in [2.24, 2.45) is 0 Å². The summed E-state index contributed by atoms with van der Waals surface area (Å²) in [7, 11) is 0. The summed E-state index contributed by atoms with van der Waals surface area (Å²) in [5, 5.41) is 9.81. The van der Waals surface area contributed by atoms with Gasteiger partial charge in [-0.1, -0.05) is 32.9 Å².